The molecule has 1 fully saturated rings. The number of amides is 3. The zero-order valence-electron chi connectivity index (χ0n) is 21.6. The van der Waals surface area contributed by atoms with E-state index in [1.165, 1.54) is 6.26 Å². The standard InChI is InChI=1S/C28H28N6O5/c1-16-30-27(39-32-16)23-13-22(23)26(35)29-14-18-6-7-20(17-4-3-5-19(12-17)37-2)21-8-10-34(15-24(18)21)28(36)31-25-9-11-38-33-25/h3-7,9,11-12,22-23H,8,10,13-15H2,1-2H3,(H,29,35)(H,31,33,36). The van der Waals surface area contributed by atoms with Gasteiger partial charge in [-0.3, -0.25) is 10.1 Å². The maximum absolute atomic E-state index is 13.0. The first-order valence-corrected chi connectivity index (χ1v) is 12.8. The van der Waals surface area contributed by atoms with Gasteiger partial charge in [-0.15, -0.1) is 0 Å². The third kappa shape index (κ3) is 5.07. The van der Waals surface area contributed by atoms with E-state index in [-0.39, 0.29) is 23.8 Å². The zero-order valence-corrected chi connectivity index (χ0v) is 21.6. The number of ether oxygens (including phenoxy) is 1. The second-order valence-electron chi connectivity index (χ2n) is 9.79. The van der Waals surface area contributed by atoms with E-state index in [9.17, 15) is 9.59 Å². The van der Waals surface area contributed by atoms with Crippen LogP contribution < -0.4 is 15.4 Å². The molecule has 11 nitrogen and oxygen atoms in total. The molecule has 1 aliphatic carbocycles. The number of benzene rings is 2. The summed E-state index contributed by atoms with van der Waals surface area (Å²) in [6, 6.07) is 13.4. The maximum Gasteiger partial charge on any atom is 0.323 e. The fourth-order valence-corrected chi connectivity index (χ4v) is 5.14. The van der Waals surface area contributed by atoms with Gasteiger partial charge in [0, 0.05) is 25.7 Å². The van der Waals surface area contributed by atoms with Crippen LogP contribution in [0.5, 0.6) is 5.75 Å². The van der Waals surface area contributed by atoms with Crippen molar-refractivity contribution in [2.45, 2.75) is 38.8 Å². The molecule has 2 unspecified atom stereocenters. The summed E-state index contributed by atoms with van der Waals surface area (Å²) in [5, 5.41) is 13.5. The third-order valence-electron chi connectivity index (χ3n) is 7.29. The van der Waals surface area contributed by atoms with Gasteiger partial charge in [0.1, 0.15) is 12.0 Å². The highest BCUT2D eigenvalue weighted by atomic mass is 16.5. The van der Waals surface area contributed by atoms with Crippen molar-refractivity contribution in [2.75, 3.05) is 19.0 Å². The highest BCUT2D eigenvalue weighted by molar-refractivity contribution is 5.88. The van der Waals surface area contributed by atoms with Crippen molar-refractivity contribution in [1.29, 1.82) is 0 Å². The van der Waals surface area contributed by atoms with E-state index in [2.05, 4.69) is 38.1 Å². The molecule has 3 amide bonds. The van der Waals surface area contributed by atoms with Crippen molar-refractivity contribution in [3.8, 4) is 16.9 Å². The summed E-state index contributed by atoms with van der Waals surface area (Å²) in [5.41, 5.74) is 5.28. The van der Waals surface area contributed by atoms with Gasteiger partial charge >= 0.3 is 6.03 Å². The Balaban J connectivity index is 1.24. The highest BCUT2D eigenvalue weighted by Gasteiger charge is 2.47. The topological polar surface area (TPSA) is 136 Å². The molecule has 6 rings (SSSR count). The lowest BCUT2D eigenvalue weighted by Crippen LogP contribution is -2.40. The summed E-state index contributed by atoms with van der Waals surface area (Å²) < 4.78 is 15.5. The summed E-state index contributed by atoms with van der Waals surface area (Å²) in [6.07, 6.45) is 2.76. The molecule has 0 radical (unpaired) electrons. The first-order valence-electron chi connectivity index (χ1n) is 12.8. The molecule has 0 saturated heterocycles. The van der Waals surface area contributed by atoms with E-state index in [1.54, 1.807) is 25.0 Å². The number of hydrogen-bond acceptors (Lipinski definition) is 8. The highest BCUT2D eigenvalue weighted by Crippen LogP contribution is 2.47. The molecule has 0 bridgehead atoms. The Morgan fingerprint density at radius 1 is 1.15 bits per heavy atom. The van der Waals surface area contributed by atoms with Gasteiger partial charge in [-0.05, 0) is 59.7 Å². The van der Waals surface area contributed by atoms with Crippen LogP contribution in [0.3, 0.4) is 0 Å². The molecule has 0 spiro atoms. The van der Waals surface area contributed by atoms with Crippen molar-refractivity contribution in [3.05, 3.63) is 77.1 Å². The molecular weight excluding hydrogens is 500 g/mol. The smallest absolute Gasteiger partial charge is 0.323 e. The van der Waals surface area contributed by atoms with Crippen LogP contribution in [0.25, 0.3) is 11.1 Å². The van der Waals surface area contributed by atoms with Gasteiger partial charge in [0.25, 0.3) is 0 Å². The minimum absolute atomic E-state index is 0.0359. The van der Waals surface area contributed by atoms with Crippen molar-refractivity contribution in [3.63, 3.8) is 0 Å². The first kappa shape index (κ1) is 24.7. The second kappa shape index (κ2) is 10.2. The predicted molar refractivity (Wildman–Crippen MR) is 140 cm³/mol. The molecule has 1 saturated carbocycles. The summed E-state index contributed by atoms with van der Waals surface area (Å²) >= 11 is 0. The number of hydrogen-bond donors (Lipinski definition) is 2. The van der Waals surface area contributed by atoms with Gasteiger partial charge in [0.05, 0.1) is 18.9 Å². The van der Waals surface area contributed by atoms with Gasteiger partial charge in [-0.1, -0.05) is 34.6 Å². The number of urea groups is 1. The predicted octanol–water partition coefficient (Wildman–Crippen LogP) is 4.05. The van der Waals surface area contributed by atoms with Crippen LogP contribution in [0, 0.1) is 12.8 Å². The van der Waals surface area contributed by atoms with E-state index >= 15 is 0 Å². The molecule has 2 atom stereocenters. The van der Waals surface area contributed by atoms with E-state index < -0.39 is 0 Å². The number of fused-ring (bicyclic) bond motifs is 1. The Kier molecular flexibility index (Phi) is 6.47. The van der Waals surface area contributed by atoms with Gasteiger partial charge in [0.15, 0.2) is 11.6 Å². The number of nitrogens with one attached hydrogen (secondary N) is 2. The van der Waals surface area contributed by atoms with E-state index in [1.807, 2.05) is 24.3 Å². The molecule has 1 aliphatic heterocycles. The van der Waals surface area contributed by atoms with Crippen LogP contribution in [0.1, 0.15) is 40.7 Å². The number of aryl methyl sites for hydroxylation is 1. The number of rotatable bonds is 7. The number of methoxy groups -OCH3 is 1. The fraction of sp³-hybridized carbons (Fsp3) is 0.321. The first-order chi connectivity index (χ1) is 19.0. The van der Waals surface area contributed by atoms with Gasteiger partial charge in [-0.25, -0.2) is 4.79 Å². The average Bonchev–Trinajstić information content (AvgIpc) is 3.36. The lowest BCUT2D eigenvalue weighted by molar-refractivity contribution is -0.122. The molecular formula is C28H28N6O5. The zero-order chi connectivity index (χ0) is 26.9. The quantitative estimate of drug-likeness (QED) is 0.367. The SMILES string of the molecule is COc1cccc(-c2ccc(CNC(=O)C3CC3c3nc(C)no3)c3c2CCN(C(=O)Nc2ccon2)C3)c1. The third-order valence-corrected chi connectivity index (χ3v) is 7.29. The van der Waals surface area contributed by atoms with Crippen LogP contribution in [-0.2, 0) is 24.3 Å². The number of anilines is 1. The monoisotopic (exact) mass is 528 g/mol. The average molecular weight is 529 g/mol. The number of aromatic nitrogens is 3. The largest absolute Gasteiger partial charge is 0.497 e. The normalized spacial score (nSPS) is 17.8. The molecule has 2 aromatic carbocycles. The molecule has 2 aromatic heterocycles. The van der Waals surface area contributed by atoms with E-state index in [0.717, 1.165) is 33.6 Å². The molecule has 11 heteroatoms. The van der Waals surface area contributed by atoms with Crippen molar-refractivity contribution >= 4 is 17.8 Å². The molecule has 4 aromatic rings. The molecule has 2 N–H and O–H groups in total. The van der Waals surface area contributed by atoms with Crippen LogP contribution in [0.15, 0.2) is 57.8 Å². The molecule has 3 heterocycles. The number of nitrogens with zero attached hydrogens (tertiary/aromatic N) is 4. The number of carbonyl (C=O) groups is 2. The van der Waals surface area contributed by atoms with Crippen LogP contribution in [0.2, 0.25) is 0 Å². The Hall–Kier alpha value is -4.67. The molecule has 39 heavy (non-hydrogen) atoms. The molecule has 200 valence electrons. The molecule has 2 aliphatic rings. The lowest BCUT2D eigenvalue weighted by Gasteiger charge is -2.32. The lowest BCUT2D eigenvalue weighted by atomic mass is 9.87. The Bertz CT molecular complexity index is 1510. The maximum atomic E-state index is 13.0. The van der Waals surface area contributed by atoms with Gasteiger partial charge in [-0.2, -0.15) is 4.98 Å². The summed E-state index contributed by atoms with van der Waals surface area (Å²) in [5.74, 6) is 1.96. The van der Waals surface area contributed by atoms with Crippen molar-refractivity contribution in [2.24, 2.45) is 5.92 Å². The second-order valence-corrected chi connectivity index (χ2v) is 9.79. The fourth-order valence-electron chi connectivity index (χ4n) is 5.14. The van der Waals surface area contributed by atoms with Crippen LogP contribution in [0.4, 0.5) is 10.6 Å². The Labute approximate surface area is 224 Å². The van der Waals surface area contributed by atoms with Gasteiger partial charge in [0.2, 0.25) is 11.8 Å². The summed E-state index contributed by atoms with van der Waals surface area (Å²) in [6.45, 7) is 3.05. The number of carbonyl (C=O) groups excluding carboxylic acids is 2. The Morgan fingerprint density at radius 3 is 2.82 bits per heavy atom. The Morgan fingerprint density at radius 2 is 2.05 bits per heavy atom. The van der Waals surface area contributed by atoms with Crippen LogP contribution >= 0.6 is 0 Å². The van der Waals surface area contributed by atoms with Crippen LogP contribution in [-0.4, -0.2) is 45.8 Å². The van der Waals surface area contributed by atoms with E-state index in [0.29, 0.717) is 50.0 Å². The minimum atomic E-state index is -0.257. The minimum Gasteiger partial charge on any atom is -0.497 e. The van der Waals surface area contributed by atoms with Crippen molar-refractivity contribution < 1.29 is 23.4 Å². The summed E-state index contributed by atoms with van der Waals surface area (Å²) in [4.78, 5) is 31.9. The van der Waals surface area contributed by atoms with Gasteiger partial charge < -0.3 is 24.0 Å². The van der Waals surface area contributed by atoms with Crippen molar-refractivity contribution in [1.82, 2.24) is 25.5 Å². The van der Waals surface area contributed by atoms with E-state index in [4.69, 9.17) is 13.8 Å². The summed E-state index contributed by atoms with van der Waals surface area (Å²) in [7, 11) is 1.65.